The van der Waals surface area contributed by atoms with Crippen LogP contribution in [0.4, 0.5) is 0 Å². The quantitative estimate of drug-likeness (QED) is 0.886. The molecule has 1 aliphatic heterocycles. The van der Waals surface area contributed by atoms with E-state index in [0.29, 0.717) is 13.0 Å². The molecule has 0 saturated carbocycles. The third-order valence-corrected chi connectivity index (χ3v) is 3.07. The summed E-state index contributed by atoms with van der Waals surface area (Å²) < 4.78 is 5.71. The number of carbonyl (C=O) groups excluding carboxylic acids is 1. The molecule has 3 N–H and O–H groups in total. The highest BCUT2D eigenvalue weighted by Crippen LogP contribution is 2.28. The lowest BCUT2D eigenvalue weighted by molar-refractivity contribution is -0.122. The molecule has 0 spiro atoms. The molecular weight excluding hydrogens is 264 g/mol. The molecule has 0 bridgehead atoms. The number of amides is 1. The maximum Gasteiger partial charge on any atom is 0.221 e. The SMILES string of the molecule is CC(N)CC(=O)NC1CCOC1c1ccccc1.Cl. The minimum Gasteiger partial charge on any atom is -0.371 e. The second-order valence-electron chi connectivity index (χ2n) is 4.85. The number of ether oxygens (including phenoxy) is 1. The summed E-state index contributed by atoms with van der Waals surface area (Å²) in [6, 6.07) is 9.94. The molecule has 5 heteroatoms. The van der Waals surface area contributed by atoms with Gasteiger partial charge in [-0.1, -0.05) is 30.3 Å². The first-order valence-corrected chi connectivity index (χ1v) is 6.38. The van der Waals surface area contributed by atoms with Crippen LogP contribution in [0, 0.1) is 0 Å². The largest absolute Gasteiger partial charge is 0.371 e. The van der Waals surface area contributed by atoms with Gasteiger partial charge in [0, 0.05) is 19.1 Å². The molecule has 106 valence electrons. The van der Waals surface area contributed by atoms with Crippen LogP contribution in [0.5, 0.6) is 0 Å². The topological polar surface area (TPSA) is 64.4 Å². The lowest BCUT2D eigenvalue weighted by Gasteiger charge is -2.20. The molecule has 4 nitrogen and oxygen atoms in total. The van der Waals surface area contributed by atoms with Gasteiger partial charge >= 0.3 is 0 Å². The van der Waals surface area contributed by atoms with Crippen LogP contribution in [0.3, 0.4) is 0 Å². The van der Waals surface area contributed by atoms with Crippen LogP contribution in [-0.2, 0) is 9.53 Å². The first-order chi connectivity index (χ1) is 8.66. The molecule has 1 aliphatic rings. The second kappa shape index (κ2) is 7.48. The van der Waals surface area contributed by atoms with Crippen molar-refractivity contribution >= 4 is 18.3 Å². The average Bonchev–Trinajstić information content (AvgIpc) is 2.77. The minimum atomic E-state index is -0.109. The molecule has 1 aromatic rings. The summed E-state index contributed by atoms with van der Waals surface area (Å²) in [5.41, 5.74) is 6.73. The van der Waals surface area contributed by atoms with E-state index >= 15 is 0 Å². The fraction of sp³-hybridized carbons (Fsp3) is 0.500. The number of hydrogen-bond donors (Lipinski definition) is 2. The third kappa shape index (κ3) is 4.49. The highest BCUT2D eigenvalue weighted by molar-refractivity contribution is 5.85. The van der Waals surface area contributed by atoms with Gasteiger partial charge in [0.2, 0.25) is 5.91 Å². The Balaban J connectivity index is 0.00000180. The summed E-state index contributed by atoms with van der Waals surface area (Å²) in [6.45, 7) is 2.52. The first kappa shape index (κ1) is 16.0. The first-order valence-electron chi connectivity index (χ1n) is 6.38. The van der Waals surface area contributed by atoms with E-state index in [1.54, 1.807) is 0 Å². The fourth-order valence-corrected chi connectivity index (χ4v) is 2.27. The Labute approximate surface area is 120 Å². The molecule has 2 rings (SSSR count). The highest BCUT2D eigenvalue weighted by Gasteiger charge is 2.30. The summed E-state index contributed by atoms with van der Waals surface area (Å²) in [7, 11) is 0. The van der Waals surface area contributed by atoms with Crippen LogP contribution in [0.25, 0.3) is 0 Å². The van der Waals surface area contributed by atoms with E-state index < -0.39 is 0 Å². The van der Waals surface area contributed by atoms with Crippen molar-refractivity contribution in [2.75, 3.05) is 6.61 Å². The van der Waals surface area contributed by atoms with Gasteiger partial charge in [0.05, 0.1) is 6.04 Å². The van der Waals surface area contributed by atoms with Crippen molar-refractivity contribution in [3.05, 3.63) is 35.9 Å². The van der Waals surface area contributed by atoms with Gasteiger partial charge in [0.15, 0.2) is 0 Å². The second-order valence-corrected chi connectivity index (χ2v) is 4.85. The van der Waals surface area contributed by atoms with E-state index in [-0.39, 0.29) is 36.5 Å². The molecule has 3 atom stereocenters. The van der Waals surface area contributed by atoms with Crippen molar-refractivity contribution in [2.45, 2.75) is 38.0 Å². The molecule has 1 amide bonds. The number of hydrogen-bond acceptors (Lipinski definition) is 3. The summed E-state index contributed by atoms with van der Waals surface area (Å²) >= 11 is 0. The summed E-state index contributed by atoms with van der Waals surface area (Å²) in [6.07, 6.45) is 1.17. The molecule has 0 aromatic heterocycles. The van der Waals surface area contributed by atoms with Crippen LogP contribution in [0.15, 0.2) is 30.3 Å². The molecular formula is C14H21ClN2O2. The van der Waals surface area contributed by atoms with Gasteiger partial charge < -0.3 is 15.8 Å². The van der Waals surface area contributed by atoms with Gasteiger partial charge in [0.1, 0.15) is 6.10 Å². The van der Waals surface area contributed by atoms with Crippen molar-refractivity contribution < 1.29 is 9.53 Å². The van der Waals surface area contributed by atoms with Gasteiger partial charge in [0.25, 0.3) is 0 Å². The van der Waals surface area contributed by atoms with Crippen LogP contribution in [0.1, 0.15) is 31.4 Å². The maximum atomic E-state index is 11.7. The summed E-state index contributed by atoms with van der Waals surface area (Å²) in [5, 5.41) is 3.01. The van der Waals surface area contributed by atoms with Crippen molar-refractivity contribution in [1.82, 2.24) is 5.32 Å². The van der Waals surface area contributed by atoms with Gasteiger partial charge in [-0.25, -0.2) is 0 Å². The number of nitrogens with two attached hydrogens (primary N) is 1. The zero-order valence-electron chi connectivity index (χ0n) is 11.0. The Morgan fingerprint density at radius 1 is 1.47 bits per heavy atom. The van der Waals surface area contributed by atoms with Gasteiger partial charge in [-0.05, 0) is 18.9 Å². The summed E-state index contributed by atoms with van der Waals surface area (Å²) in [5.74, 6) is 0.00133. The van der Waals surface area contributed by atoms with E-state index in [9.17, 15) is 4.79 Å². The molecule has 0 aliphatic carbocycles. The number of rotatable bonds is 4. The molecule has 1 aromatic carbocycles. The van der Waals surface area contributed by atoms with Crippen LogP contribution in [0.2, 0.25) is 0 Å². The zero-order valence-corrected chi connectivity index (χ0v) is 11.9. The van der Waals surface area contributed by atoms with Crippen LogP contribution < -0.4 is 11.1 Å². The van der Waals surface area contributed by atoms with Gasteiger partial charge in [-0.2, -0.15) is 0 Å². The predicted molar refractivity (Wildman–Crippen MR) is 77.2 cm³/mol. The van der Waals surface area contributed by atoms with E-state index in [1.807, 2.05) is 37.3 Å². The summed E-state index contributed by atoms with van der Waals surface area (Å²) in [4.78, 5) is 11.7. The predicted octanol–water partition coefficient (Wildman–Crippen LogP) is 1.79. The van der Waals surface area contributed by atoms with Crippen molar-refractivity contribution in [3.63, 3.8) is 0 Å². The highest BCUT2D eigenvalue weighted by atomic mass is 35.5. The smallest absolute Gasteiger partial charge is 0.221 e. The number of halogens is 1. The Hall–Kier alpha value is -1.10. The van der Waals surface area contributed by atoms with Gasteiger partial charge in [-0.15, -0.1) is 12.4 Å². The standard InChI is InChI=1S/C14H20N2O2.ClH/c1-10(15)9-13(17)16-12-7-8-18-14(12)11-5-3-2-4-6-11;/h2-6,10,12,14H,7-9,15H2,1H3,(H,16,17);1H. The van der Waals surface area contributed by atoms with E-state index in [0.717, 1.165) is 12.0 Å². The Kier molecular flexibility index (Phi) is 6.28. The third-order valence-electron chi connectivity index (χ3n) is 3.07. The van der Waals surface area contributed by atoms with Crippen LogP contribution in [-0.4, -0.2) is 24.6 Å². The molecule has 19 heavy (non-hydrogen) atoms. The Morgan fingerprint density at radius 3 is 2.79 bits per heavy atom. The van der Waals surface area contributed by atoms with Gasteiger partial charge in [-0.3, -0.25) is 4.79 Å². The normalized spacial score (nSPS) is 23.5. The molecule has 3 unspecified atom stereocenters. The van der Waals surface area contributed by atoms with E-state index in [4.69, 9.17) is 10.5 Å². The number of carbonyl (C=O) groups is 1. The lowest BCUT2D eigenvalue weighted by Crippen LogP contribution is -2.39. The fourth-order valence-electron chi connectivity index (χ4n) is 2.27. The Morgan fingerprint density at radius 2 is 2.16 bits per heavy atom. The zero-order chi connectivity index (χ0) is 13.0. The van der Waals surface area contributed by atoms with Crippen molar-refractivity contribution in [1.29, 1.82) is 0 Å². The lowest BCUT2D eigenvalue weighted by atomic mass is 10.0. The van der Waals surface area contributed by atoms with Crippen molar-refractivity contribution in [2.24, 2.45) is 5.73 Å². The molecule has 0 radical (unpaired) electrons. The molecule has 1 fully saturated rings. The van der Waals surface area contributed by atoms with Crippen LogP contribution >= 0.6 is 12.4 Å². The van der Waals surface area contributed by atoms with Crippen molar-refractivity contribution in [3.8, 4) is 0 Å². The van der Waals surface area contributed by atoms with E-state index in [2.05, 4.69) is 5.32 Å². The monoisotopic (exact) mass is 284 g/mol. The average molecular weight is 285 g/mol. The molecule has 1 saturated heterocycles. The Bertz CT molecular complexity index is 398. The minimum absolute atomic E-state index is 0. The molecule has 1 heterocycles. The maximum absolute atomic E-state index is 11.7. The van der Waals surface area contributed by atoms with E-state index in [1.165, 1.54) is 0 Å². The number of benzene rings is 1. The number of nitrogens with one attached hydrogen (secondary N) is 1.